The fourth-order valence-corrected chi connectivity index (χ4v) is 2.56. The lowest BCUT2D eigenvalue weighted by Crippen LogP contribution is -2.05. The van der Waals surface area contributed by atoms with Gasteiger partial charge >= 0.3 is 0 Å². The van der Waals surface area contributed by atoms with E-state index in [0.717, 1.165) is 27.0 Å². The molecule has 0 spiro atoms. The first-order valence-corrected chi connectivity index (χ1v) is 6.96. The Morgan fingerprint density at radius 1 is 1.21 bits per heavy atom. The van der Waals surface area contributed by atoms with Crippen molar-refractivity contribution in [3.8, 4) is 11.5 Å². The van der Waals surface area contributed by atoms with Crippen LogP contribution in [-0.2, 0) is 0 Å². The molecule has 0 saturated heterocycles. The van der Waals surface area contributed by atoms with Gasteiger partial charge in [0.1, 0.15) is 11.5 Å². The van der Waals surface area contributed by atoms with Crippen molar-refractivity contribution < 1.29 is 0 Å². The van der Waals surface area contributed by atoms with E-state index in [1.54, 1.807) is 0 Å². The van der Waals surface area contributed by atoms with Crippen LogP contribution in [0.4, 0.5) is 5.82 Å². The van der Waals surface area contributed by atoms with Crippen LogP contribution in [0.25, 0.3) is 11.5 Å². The van der Waals surface area contributed by atoms with Gasteiger partial charge in [0, 0.05) is 6.20 Å². The van der Waals surface area contributed by atoms with E-state index in [0.29, 0.717) is 11.6 Å². The van der Waals surface area contributed by atoms with Crippen LogP contribution in [0.3, 0.4) is 0 Å². The Balaban J connectivity index is 2.63. The Hall–Kier alpha value is -1.49. The van der Waals surface area contributed by atoms with Crippen LogP contribution in [-0.4, -0.2) is 15.0 Å². The Morgan fingerprint density at radius 3 is 2.47 bits per heavy atom. The minimum atomic E-state index is 0.268. The third-order valence-electron chi connectivity index (χ3n) is 2.88. The van der Waals surface area contributed by atoms with Gasteiger partial charge < -0.3 is 5.73 Å². The van der Waals surface area contributed by atoms with E-state index in [-0.39, 0.29) is 5.92 Å². The minimum absolute atomic E-state index is 0.268. The summed E-state index contributed by atoms with van der Waals surface area (Å²) >= 11 is 3.45. The highest BCUT2D eigenvalue weighted by Crippen LogP contribution is 2.30. The average Bonchev–Trinajstić information content (AvgIpc) is 2.32. The molecule has 2 N–H and O–H groups in total. The van der Waals surface area contributed by atoms with Gasteiger partial charge in [-0.3, -0.25) is 4.98 Å². The lowest BCUT2D eigenvalue weighted by atomic mass is 10.1. The van der Waals surface area contributed by atoms with Crippen LogP contribution in [0, 0.1) is 13.8 Å². The number of pyridine rings is 1. The fourth-order valence-electron chi connectivity index (χ4n) is 1.92. The Kier molecular flexibility index (Phi) is 3.85. The van der Waals surface area contributed by atoms with Crippen LogP contribution in [0.5, 0.6) is 0 Å². The lowest BCUT2D eigenvalue weighted by molar-refractivity contribution is 0.809. The number of aromatic nitrogens is 3. The molecular weight excluding hydrogens is 304 g/mol. The second-order valence-electron chi connectivity index (χ2n) is 4.96. The SMILES string of the molecule is Cc1cnc(-c2nc(N)c(Br)c(C(C)C)n2)c(C)c1. The normalized spacial score (nSPS) is 11.1. The molecule has 5 heteroatoms. The molecule has 4 nitrogen and oxygen atoms in total. The Bertz CT molecular complexity index is 623. The fraction of sp³-hybridized carbons (Fsp3) is 0.357. The van der Waals surface area contributed by atoms with E-state index >= 15 is 0 Å². The molecule has 0 radical (unpaired) electrons. The third kappa shape index (κ3) is 2.76. The predicted molar refractivity (Wildman–Crippen MR) is 80.9 cm³/mol. The van der Waals surface area contributed by atoms with E-state index in [4.69, 9.17) is 5.73 Å². The molecule has 2 aromatic rings. The van der Waals surface area contributed by atoms with E-state index in [1.807, 2.05) is 20.0 Å². The molecule has 0 fully saturated rings. The molecule has 0 aliphatic rings. The predicted octanol–water partition coefficient (Wildman–Crippen LogP) is 3.62. The molecule has 0 amide bonds. The zero-order valence-corrected chi connectivity index (χ0v) is 13.1. The summed E-state index contributed by atoms with van der Waals surface area (Å²) in [6.45, 7) is 8.17. The highest BCUT2D eigenvalue weighted by Gasteiger charge is 2.16. The van der Waals surface area contributed by atoms with E-state index in [9.17, 15) is 0 Å². The lowest BCUT2D eigenvalue weighted by Gasteiger charge is -2.12. The average molecular weight is 321 g/mol. The molecular formula is C14H17BrN4. The van der Waals surface area contributed by atoms with Crippen molar-refractivity contribution >= 4 is 21.7 Å². The van der Waals surface area contributed by atoms with Crippen molar-refractivity contribution in [2.75, 3.05) is 5.73 Å². The molecule has 0 unspecified atom stereocenters. The number of rotatable bonds is 2. The van der Waals surface area contributed by atoms with Crippen LogP contribution in [0.15, 0.2) is 16.7 Å². The van der Waals surface area contributed by atoms with E-state index in [2.05, 4.69) is 50.8 Å². The van der Waals surface area contributed by atoms with E-state index in [1.165, 1.54) is 0 Å². The second kappa shape index (κ2) is 5.25. The highest BCUT2D eigenvalue weighted by atomic mass is 79.9. The number of hydrogen-bond acceptors (Lipinski definition) is 4. The molecule has 100 valence electrons. The van der Waals surface area contributed by atoms with Crippen LogP contribution in [0.1, 0.15) is 36.6 Å². The summed E-state index contributed by atoms with van der Waals surface area (Å²) in [6.07, 6.45) is 1.82. The van der Waals surface area contributed by atoms with Gasteiger partial charge in [-0.25, -0.2) is 9.97 Å². The van der Waals surface area contributed by atoms with Gasteiger partial charge in [-0.05, 0) is 46.8 Å². The molecule has 0 saturated carbocycles. The maximum absolute atomic E-state index is 5.95. The van der Waals surface area contributed by atoms with Gasteiger partial charge in [0.15, 0.2) is 5.82 Å². The van der Waals surface area contributed by atoms with Gasteiger partial charge in [-0.2, -0.15) is 0 Å². The van der Waals surface area contributed by atoms with Gasteiger partial charge in [0.25, 0.3) is 0 Å². The van der Waals surface area contributed by atoms with Crippen LogP contribution < -0.4 is 5.73 Å². The van der Waals surface area contributed by atoms with Crippen molar-refractivity contribution in [3.05, 3.63) is 33.6 Å². The molecule has 0 aliphatic heterocycles. The number of halogens is 1. The molecule has 0 atom stereocenters. The largest absolute Gasteiger partial charge is 0.383 e. The molecule has 0 aliphatic carbocycles. The summed E-state index contributed by atoms with van der Waals surface area (Å²) in [5.41, 5.74) is 9.81. The summed E-state index contributed by atoms with van der Waals surface area (Å²) in [5.74, 6) is 1.31. The number of hydrogen-bond donors (Lipinski definition) is 1. The summed E-state index contributed by atoms with van der Waals surface area (Å²) in [5, 5.41) is 0. The van der Waals surface area contributed by atoms with Crippen LogP contribution in [0.2, 0.25) is 0 Å². The van der Waals surface area contributed by atoms with Crippen LogP contribution >= 0.6 is 15.9 Å². The zero-order valence-electron chi connectivity index (χ0n) is 11.5. The maximum Gasteiger partial charge on any atom is 0.180 e. The second-order valence-corrected chi connectivity index (χ2v) is 5.76. The molecule has 2 heterocycles. The van der Waals surface area contributed by atoms with E-state index < -0.39 is 0 Å². The number of nitrogen functional groups attached to an aromatic ring is 1. The van der Waals surface area contributed by atoms with Gasteiger partial charge in [0.2, 0.25) is 0 Å². The monoisotopic (exact) mass is 320 g/mol. The first kappa shape index (κ1) is 13.9. The number of aryl methyl sites for hydroxylation is 2. The van der Waals surface area contributed by atoms with Gasteiger partial charge in [0.05, 0.1) is 10.2 Å². The molecule has 0 bridgehead atoms. The Labute approximate surface area is 121 Å². The summed E-state index contributed by atoms with van der Waals surface area (Å²) in [7, 11) is 0. The number of nitrogens with two attached hydrogens (primary N) is 1. The zero-order chi connectivity index (χ0) is 14.2. The number of anilines is 1. The topological polar surface area (TPSA) is 64.7 Å². The molecule has 19 heavy (non-hydrogen) atoms. The maximum atomic E-state index is 5.95. The molecule has 0 aromatic carbocycles. The third-order valence-corrected chi connectivity index (χ3v) is 3.69. The first-order valence-electron chi connectivity index (χ1n) is 6.16. The standard InChI is InChI=1S/C14H17BrN4/c1-7(2)11-10(15)13(16)19-14(18-11)12-9(4)5-8(3)6-17-12/h5-7H,1-4H3,(H2,16,18,19). The molecule has 2 rings (SSSR count). The molecule has 2 aromatic heterocycles. The quantitative estimate of drug-likeness (QED) is 0.917. The summed E-state index contributed by atoms with van der Waals surface area (Å²) < 4.78 is 0.774. The van der Waals surface area contributed by atoms with Crippen molar-refractivity contribution in [3.63, 3.8) is 0 Å². The highest BCUT2D eigenvalue weighted by molar-refractivity contribution is 9.10. The summed E-state index contributed by atoms with van der Waals surface area (Å²) in [4.78, 5) is 13.4. The number of nitrogens with zero attached hydrogens (tertiary/aromatic N) is 3. The van der Waals surface area contributed by atoms with Gasteiger partial charge in [-0.15, -0.1) is 0 Å². The Morgan fingerprint density at radius 2 is 1.89 bits per heavy atom. The minimum Gasteiger partial charge on any atom is -0.383 e. The smallest absolute Gasteiger partial charge is 0.180 e. The summed E-state index contributed by atoms with van der Waals surface area (Å²) in [6, 6.07) is 2.07. The van der Waals surface area contributed by atoms with Crippen molar-refractivity contribution in [1.82, 2.24) is 15.0 Å². The van der Waals surface area contributed by atoms with Gasteiger partial charge in [-0.1, -0.05) is 19.9 Å². The van der Waals surface area contributed by atoms with Crippen molar-refractivity contribution in [1.29, 1.82) is 0 Å². The van der Waals surface area contributed by atoms with Crippen molar-refractivity contribution in [2.24, 2.45) is 0 Å². The first-order chi connectivity index (χ1) is 8.90. The van der Waals surface area contributed by atoms with Crippen molar-refractivity contribution in [2.45, 2.75) is 33.6 Å².